The van der Waals surface area contributed by atoms with Crippen LogP contribution in [-0.2, 0) is 10.2 Å². The van der Waals surface area contributed by atoms with Gasteiger partial charge in [-0.2, -0.15) is 0 Å². The molecule has 1 atom stereocenters. The molecule has 2 rings (SSSR count). The fourth-order valence-electron chi connectivity index (χ4n) is 2.95. The molecule has 2 N–H and O–H groups in total. The molecule has 1 unspecified atom stereocenters. The molecule has 1 fully saturated rings. The summed E-state index contributed by atoms with van der Waals surface area (Å²) in [5, 5.41) is 0. The van der Waals surface area contributed by atoms with Crippen molar-refractivity contribution in [3.63, 3.8) is 0 Å². The normalized spacial score (nSPS) is 20.3. The topological polar surface area (TPSA) is 35.2 Å². The van der Waals surface area contributed by atoms with Crippen LogP contribution in [0.4, 0.5) is 0 Å². The summed E-state index contributed by atoms with van der Waals surface area (Å²) < 4.78 is 5.52. The van der Waals surface area contributed by atoms with Crippen LogP contribution in [0.25, 0.3) is 0 Å². The van der Waals surface area contributed by atoms with Crippen LogP contribution in [0.15, 0.2) is 42.5 Å². The van der Waals surface area contributed by atoms with E-state index < -0.39 is 0 Å². The number of ether oxygens (including phenoxy) is 1. The summed E-state index contributed by atoms with van der Waals surface area (Å²) in [5.74, 6) is 0. The second-order valence-electron chi connectivity index (χ2n) is 5.40. The van der Waals surface area contributed by atoms with E-state index in [0.717, 1.165) is 38.0 Å². The van der Waals surface area contributed by atoms with E-state index >= 15 is 0 Å². The Kier molecular flexibility index (Phi) is 4.20. The molecule has 0 saturated carbocycles. The van der Waals surface area contributed by atoms with Crippen molar-refractivity contribution in [1.82, 2.24) is 0 Å². The highest BCUT2D eigenvalue weighted by molar-refractivity contribution is 5.29. The van der Waals surface area contributed by atoms with Gasteiger partial charge in [0.1, 0.15) is 0 Å². The largest absolute Gasteiger partial charge is 0.381 e. The zero-order valence-electron chi connectivity index (χ0n) is 11.2. The van der Waals surface area contributed by atoms with Gasteiger partial charge >= 0.3 is 0 Å². The van der Waals surface area contributed by atoms with Gasteiger partial charge in [0.05, 0.1) is 0 Å². The number of benzene rings is 1. The van der Waals surface area contributed by atoms with Gasteiger partial charge in [-0.15, -0.1) is 6.58 Å². The van der Waals surface area contributed by atoms with E-state index in [1.165, 1.54) is 5.56 Å². The average molecular weight is 245 g/mol. The first kappa shape index (κ1) is 13.3. The fourth-order valence-corrected chi connectivity index (χ4v) is 2.95. The Labute approximate surface area is 110 Å². The molecular weight excluding hydrogens is 222 g/mol. The highest BCUT2D eigenvalue weighted by Crippen LogP contribution is 2.38. The molecule has 1 aliphatic heterocycles. The van der Waals surface area contributed by atoms with E-state index in [4.69, 9.17) is 10.5 Å². The second kappa shape index (κ2) is 5.68. The molecule has 0 aromatic heterocycles. The maximum atomic E-state index is 6.50. The van der Waals surface area contributed by atoms with Crippen molar-refractivity contribution in [2.45, 2.75) is 37.6 Å². The summed E-state index contributed by atoms with van der Waals surface area (Å²) in [6.07, 6.45) is 2.89. The third kappa shape index (κ3) is 2.65. The van der Waals surface area contributed by atoms with Crippen molar-refractivity contribution in [3.8, 4) is 0 Å². The first-order valence-electron chi connectivity index (χ1n) is 6.68. The van der Waals surface area contributed by atoms with Gasteiger partial charge in [-0.05, 0) is 31.7 Å². The number of hydrogen-bond acceptors (Lipinski definition) is 2. The highest BCUT2D eigenvalue weighted by atomic mass is 16.5. The molecule has 2 nitrogen and oxygen atoms in total. The Balaban J connectivity index is 2.31. The van der Waals surface area contributed by atoms with Crippen LogP contribution in [0.5, 0.6) is 0 Å². The molecule has 1 aliphatic rings. The van der Waals surface area contributed by atoms with Gasteiger partial charge in [0.2, 0.25) is 0 Å². The summed E-state index contributed by atoms with van der Waals surface area (Å²) in [6, 6.07) is 10.8. The Morgan fingerprint density at radius 2 is 1.94 bits per heavy atom. The summed E-state index contributed by atoms with van der Waals surface area (Å²) in [6.45, 7) is 7.67. The predicted octanol–water partition coefficient (Wildman–Crippen LogP) is 3.03. The van der Waals surface area contributed by atoms with Crippen LogP contribution >= 0.6 is 0 Å². The quantitative estimate of drug-likeness (QED) is 0.828. The zero-order valence-corrected chi connectivity index (χ0v) is 11.2. The number of hydrogen-bond donors (Lipinski definition) is 1. The molecule has 1 aromatic rings. The molecule has 0 amide bonds. The van der Waals surface area contributed by atoms with Crippen molar-refractivity contribution >= 4 is 0 Å². The fraction of sp³-hybridized carbons (Fsp3) is 0.500. The van der Waals surface area contributed by atoms with Gasteiger partial charge in [0, 0.05) is 24.7 Å². The molecule has 0 spiro atoms. The Hall–Kier alpha value is -1.12. The van der Waals surface area contributed by atoms with Gasteiger partial charge in [-0.25, -0.2) is 0 Å². The highest BCUT2D eigenvalue weighted by Gasteiger charge is 2.39. The third-order valence-electron chi connectivity index (χ3n) is 4.01. The minimum Gasteiger partial charge on any atom is -0.381 e. The second-order valence-corrected chi connectivity index (χ2v) is 5.40. The van der Waals surface area contributed by atoms with Crippen LogP contribution in [0.1, 0.15) is 31.7 Å². The van der Waals surface area contributed by atoms with E-state index in [1.807, 2.05) is 0 Å². The molecule has 1 heterocycles. The molecule has 98 valence electrons. The Morgan fingerprint density at radius 3 is 2.50 bits per heavy atom. The molecule has 1 aromatic carbocycles. The summed E-state index contributed by atoms with van der Waals surface area (Å²) in [7, 11) is 0. The van der Waals surface area contributed by atoms with Crippen LogP contribution in [0.2, 0.25) is 0 Å². The van der Waals surface area contributed by atoms with E-state index in [2.05, 4.69) is 43.8 Å². The standard InChI is InChI=1S/C16H23NO/c1-13(2)12-15(17)16(8-10-18-11-9-16)14-6-4-3-5-7-14/h3-7,15H,1,8-12,17H2,2H3. The van der Waals surface area contributed by atoms with E-state index in [1.54, 1.807) is 0 Å². The molecule has 0 bridgehead atoms. The van der Waals surface area contributed by atoms with Crippen LogP contribution in [0, 0.1) is 0 Å². The zero-order chi connectivity index (χ0) is 13.0. The summed E-state index contributed by atoms with van der Waals surface area (Å²) in [4.78, 5) is 0. The van der Waals surface area contributed by atoms with Gasteiger partial charge in [-0.3, -0.25) is 0 Å². The van der Waals surface area contributed by atoms with Crippen molar-refractivity contribution in [2.24, 2.45) is 5.73 Å². The van der Waals surface area contributed by atoms with Crippen LogP contribution in [0.3, 0.4) is 0 Å². The molecule has 0 radical (unpaired) electrons. The lowest BCUT2D eigenvalue weighted by Crippen LogP contribution is -2.49. The van der Waals surface area contributed by atoms with Crippen molar-refractivity contribution in [3.05, 3.63) is 48.0 Å². The Morgan fingerprint density at radius 1 is 1.33 bits per heavy atom. The lowest BCUT2D eigenvalue weighted by molar-refractivity contribution is 0.0400. The lowest BCUT2D eigenvalue weighted by Gasteiger charge is -2.42. The van der Waals surface area contributed by atoms with Gasteiger partial charge in [-0.1, -0.05) is 35.9 Å². The van der Waals surface area contributed by atoms with Crippen molar-refractivity contribution in [2.75, 3.05) is 13.2 Å². The maximum Gasteiger partial charge on any atom is 0.0475 e. The van der Waals surface area contributed by atoms with E-state index in [0.29, 0.717) is 0 Å². The number of nitrogens with two attached hydrogens (primary N) is 1. The molecule has 2 heteroatoms. The van der Waals surface area contributed by atoms with Gasteiger partial charge < -0.3 is 10.5 Å². The van der Waals surface area contributed by atoms with Gasteiger partial charge in [0.25, 0.3) is 0 Å². The number of rotatable bonds is 4. The van der Waals surface area contributed by atoms with E-state index in [9.17, 15) is 0 Å². The van der Waals surface area contributed by atoms with Crippen LogP contribution < -0.4 is 5.73 Å². The summed E-state index contributed by atoms with van der Waals surface area (Å²) in [5.41, 5.74) is 9.06. The maximum absolute atomic E-state index is 6.50. The van der Waals surface area contributed by atoms with Crippen molar-refractivity contribution in [1.29, 1.82) is 0 Å². The first-order valence-corrected chi connectivity index (χ1v) is 6.68. The molecule has 0 aliphatic carbocycles. The monoisotopic (exact) mass is 245 g/mol. The summed E-state index contributed by atoms with van der Waals surface area (Å²) >= 11 is 0. The minimum absolute atomic E-state index is 0.0540. The van der Waals surface area contributed by atoms with Gasteiger partial charge in [0.15, 0.2) is 0 Å². The molecule has 18 heavy (non-hydrogen) atoms. The smallest absolute Gasteiger partial charge is 0.0475 e. The SMILES string of the molecule is C=C(C)CC(N)C1(c2ccccc2)CCOCC1. The predicted molar refractivity (Wildman–Crippen MR) is 75.6 cm³/mol. The lowest BCUT2D eigenvalue weighted by atomic mass is 9.67. The minimum atomic E-state index is 0.0540. The molecule has 1 saturated heterocycles. The van der Waals surface area contributed by atoms with E-state index in [-0.39, 0.29) is 11.5 Å². The average Bonchev–Trinajstić information content (AvgIpc) is 2.40. The van der Waals surface area contributed by atoms with Crippen LogP contribution in [-0.4, -0.2) is 19.3 Å². The Bertz CT molecular complexity index is 393. The van der Waals surface area contributed by atoms with Crippen molar-refractivity contribution < 1.29 is 4.74 Å². The first-order chi connectivity index (χ1) is 8.65. The third-order valence-corrected chi connectivity index (χ3v) is 4.01. The molecular formula is C16H23NO.